The Hall–Kier alpha value is -2.80. The molecule has 2 heterocycles. The van der Waals surface area contributed by atoms with Crippen molar-refractivity contribution in [2.24, 2.45) is 0 Å². The molecule has 0 aliphatic carbocycles. The van der Waals surface area contributed by atoms with Gasteiger partial charge in [-0.1, -0.05) is 30.3 Å². The highest BCUT2D eigenvalue weighted by Crippen LogP contribution is 2.40. The minimum absolute atomic E-state index is 0.120. The molecule has 1 N–H and O–H groups in total. The van der Waals surface area contributed by atoms with Crippen molar-refractivity contribution >= 4 is 16.8 Å². The molecule has 1 aliphatic heterocycles. The zero-order valence-corrected chi connectivity index (χ0v) is 15.2. The third-order valence-corrected chi connectivity index (χ3v) is 5.15. The van der Waals surface area contributed by atoms with Crippen LogP contribution in [0.25, 0.3) is 10.9 Å². The Morgan fingerprint density at radius 1 is 1.21 bits per heavy atom. The number of aromatic nitrogens is 1. The number of H-pyrrole nitrogens is 1. The SMILES string of the molecule is COCC(=O)N1CCc2c([nH]c3ccccc23)[C@@H]1c1cccc(C(F)(F)F)c1. The second-order valence-electron chi connectivity index (χ2n) is 6.86. The molecular formula is C21H19F3N2O2. The highest BCUT2D eigenvalue weighted by molar-refractivity contribution is 5.86. The van der Waals surface area contributed by atoms with Gasteiger partial charge in [0.2, 0.25) is 5.91 Å². The number of nitrogens with zero attached hydrogens (tertiary/aromatic N) is 1. The van der Waals surface area contributed by atoms with Crippen LogP contribution in [0.5, 0.6) is 0 Å². The molecule has 7 heteroatoms. The van der Waals surface area contributed by atoms with E-state index in [-0.39, 0.29) is 12.5 Å². The van der Waals surface area contributed by atoms with Crippen molar-refractivity contribution in [2.75, 3.05) is 20.3 Å². The van der Waals surface area contributed by atoms with Crippen LogP contribution in [0.3, 0.4) is 0 Å². The lowest BCUT2D eigenvalue weighted by atomic mass is 9.91. The van der Waals surface area contributed by atoms with E-state index in [4.69, 9.17) is 4.74 Å². The highest BCUT2D eigenvalue weighted by atomic mass is 19.4. The second kappa shape index (κ2) is 6.98. The number of alkyl halides is 3. The normalized spacial score (nSPS) is 17.0. The van der Waals surface area contributed by atoms with Crippen LogP contribution in [0.15, 0.2) is 48.5 Å². The topological polar surface area (TPSA) is 45.3 Å². The zero-order valence-electron chi connectivity index (χ0n) is 15.2. The smallest absolute Gasteiger partial charge is 0.375 e. The Kier molecular flexibility index (Phi) is 4.63. The zero-order chi connectivity index (χ0) is 19.9. The van der Waals surface area contributed by atoms with Crippen LogP contribution in [0.2, 0.25) is 0 Å². The number of ether oxygens (including phenoxy) is 1. The van der Waals surface area contributed by atoms with Crippen LogP contribution < -0.4 is 0 Å². The largest absolute Gasteiger partial charge is 0.416 e. The molecule has 4 nitrogen and oxygen atoms in total. The summed E-state index contributed by atoms with van der Waals surface area (Å²) in [7, 11) is 1.43. The van der Waals surface area contributed by atoms with Crippen molar-refractivity contribution in [1.29, 1.82) is 0 Å². The van der Waals surface area contributed by atoms with Crippen molar-refractivity contribution < 1.29 is 22.7 Å². The number of benzene rings is 2. The summed E-state index contributed by atoms with van der Waals surface area (Å²) < 4.78 is 44.8. The molecule has 4 rings (SSSR count). The van der Waals surface area contributed by atoms with E-state index in [1.165, 1.54) is 13.2 Å². The Labute approximate surface area is 159 Å². The summed E-state index contributed by atoms with van der Waals surface area (Å²) in [5.41, 5.74) is 2.40. The summed E-state index contributed by atoms with van der Waals surface area (Å²) in [4.78, 5) is 17.6. The van der Waals surface area contributed by atoms with E-state index in [0.717, 1.165) is 34.3 Å². The third kappa shape index (κ3) is 3.16. The molecule has 1 amide bonds. The summed E-state index contributed by atoms with van der Waals surface area (Å²) in [6.45, 7) is 0.295. The van der Waals surface area contributed by atoms with E-state index in [1.54, 1.807) is 11.0 Å². The van der Waals surface area contributed by atoms with E-state index < -0.39 is 17.8 Å². The highest BCUT2D eigenvalue weighted by Gasteiger charge is 2.36. The van der Waals surface area contributed by atoms with Gasteiger partial charge in [0.1, 0.15) is 6.61 Å². The lowest BCUT2D eigenvalue weighted by Crippen LogP contribution is -2.42. The van der Waals surface area contributed by atoms with Gasteiger partial charge in [-0.15, -0.1) is 0 Å². The monoisotopic (exact) mass is 388 g/mol. The molecule has 1 aliphatic rings. The first-order valence-electron chi connectivity index (χ1n) is 8.95. The van der Waals surface area contributed by atoms with E-state index in [0.29, 0.717) is 18.5 Å². The van der Waals surface area contributed by atoms with Gasteiger partial charge in [-0.2, -0.15) is 13.2 Å². The number of amides is 1. The molecule has 28 heavy (non-hydrogen) atoms. The Balaban J connectivity index is 1.88. The van der Waals surface area contributed by atoms with Crippen LogP contribution in [0.4, 0.5) is 13.2 Å². The van der Waals surface area contributed by atoms with Gasteiger partial charge in [0.25, 0.3) is 0 Å². The van der Waals surface area contributed by atoms with Gasteiger partial charge in [0.05, 0.1) is 11.6 Å². The first-order chi connectivity index (χ1) is 13.4. The minimum atomic E-state index is -4.45. The Morgan fingerprint density at radius 2 is 2.00 bits per heavy atom. The fourth-order valence-corrected chi connectivity index (χ4v) is 3.95. The number of aromatic amines is 1. The average Bonchev–Trinajstić information content (AvgIpc) is 3.05. The van der Waals surface area contributed by atoms with Crippen molar-refractivity contribution in [3.8, 4) is 0 Å². The average molecular weight is 388 g/mol. The van der Waals surface area contributed by atoms with Crippen LogP contribution >= 0.6 is 0 Å². The number of hydrogen-bond acceptors (Lipinski definition) is 2. The molecule has 0 unspecified atom stereocenters. The number of fused-ring (bicyclic) bond motifs is 3. The predicted octanol–water partition coefficient (Wildman–Crippen LogP) is 4.31. The maximum Gasteiger partial charge on any atom is 0.416 e. The molecule has 2 aromatic carbocycles. The molecule has 0 bridgehead atoms. The lowest BCUT2D eigenvalue weighted by molar-refractivity contribution is -0.137. The molecule has 0 spiro atoms. The minimum Gasteiger partial charge on any atom is -0.375 e. The van der Waals surface area contributed by atoms with Gasteiger partial charge < -0.3 is 14.6 Å². The molecule has 1 aromatic heterocycles. The molecule has 146 valence electrons. The van der Waals surface area contributed by atoms with E-state index in [9.17, 15) is 18.0 Å². The molecule has 0 radical (unpaired) electrons. The number of rotatable bonds is 3. The maximum absolute atomic E-state index is 13.3. The summed E-state index contributed by atoms with van der Waals surface area (Å²) >= 11 is 0. The number of halogens is 3. The van der Waals surface area contributed by atoms with Crippen LogP contribution in [0.1, 0.15) is 28.4 Å². The van der Waals surface area contributed by atoms with Gasteiger partial charge >= 0.3 is 6.18 Å². The summed E-state index contributed by atoms with van der Waals surface area (Å²) in [6.07, 6.45) is -3.82. The maximum atomic E-state index is 13.3. The lowest BCUT2D eigenvalue weighted by Gasteiger charge is -2.36. The number of carbonyl (C=O) groups excluding carboxylic acids is 1. The van der Waals surface area contributed by atoms with Crippen molar-refractivity contribution in [2.45, 2.75) is 18.6 Å². The Bertz CT molecular complexity index is 1030. The van der Waals surface area contributed by atoms with Crippen molar-refractivity contribution in [1.82, 2.24) is 9.88 Å². The van der Waals surface area contributed by atoms with Gasteiger partial charge in [0, 0.05) is 30.3 Å². The first-order valence-corrected chi connectivity index (χ1v) is 8.95. The molecule has 3 aromatic rings. The first kappa shape index (κ1) is 18.6. The van der Waals surface area contributed by atoms with Crippen molar-refractivity contribution in [3.63, 3.8) is 0 Å². The fraction of sp³-hybridized carbons (Fsp3) is 0.286. The number of hydrogen-bond donors (Lipinski definition) is 1. The standard InChI is InChI=1S/C21H19F3N2O2/c1-28-12-18(27)26-10-9-16-15-7-2-3-8-17(15)25-19(16)20(26)13-5-4-6-14(11-13)21(22,23)24/h2-8,11,20,25H,9-10,12H2,1H3/t20-/m0/s1. The van der Waals surface area contributed by atoms with E-state index in [2.05, 4.69) is 4.98 Å². The molecule has 0 fully saturated rings. The quantitative estimate of drug-likeness (QED) is 0.727. The predicted molar refractivity (Wildman–Crippen MR) is 98.9 cm³/mol. The van der Waals surface area contributed by atoms with Gasteiger partial charge in [-0.25, -0.2) is 0 Å². The number of nitrogens with one attached hydrogen (secondary N) is 1. The van der Waals surface area contributed by atoms with E-state index in [1.807, 2.05) is 24.3 Å². The van der Waals surface area contributed by atoms with Gasteiger partial charge in [0.15, 0.2) is 0 Å². The van der Waals surface area contributed by atoms with Crippen LogP contribution in [-0.4, -0.2) is 36.1 Å². The fourth-order valence-electron chi connectivity index (χ4n) is 3.95. The summed E-state index contributed by atoms with van der Waals surface area (Å²) in [5, 5.41) is 1.04. The van der Waals surface area contributed by atoms with E-state index >= 15 is 0 Å². The molecule has 0 saturated heterocycles. The summed E-state index contributed by atoms with van der Waals surface area (Å²) in [6, 6.07) is 12.3. The molecular weight excluding hydrogens is 369 g/mol. The number of carbonyl (C=O) groups is 1. The molecule has 1 atom stereocenters. The number of methoxy groups -OCH3 is 1. The van der Waals surface area contributed by atoms with Gasteiger partial charge in [-0.05, 0) is 35.7 Å². The summed E-state index contributed by atoms with van der Waals surface area (Å²) in [5.74, 6) is -0.255. The van der Waals surface area contributed by atoms with Crippen LogP contribution in [-0.2, 0) is 22.1 Å². The molecule has 0 saturated carbocycles. The van der Waals surface area contributed by atoms with Crippen LogP contribution in [0, 0.1) is 0 Å². The second-order valence-corrected chi connectivity index (χ2v) is 6.86. The third-order valence-electron chi connectivity index (χ3n) is 5.15. The number of para-hydroxylation sites is 1. The van der Waals surface area contributed by atoms with Crippen molar-refractivity contribution in [3.05, 3.63) is 70.9 Å². The Morgan fingerprint density at radius 3 is 2.75 bits per heavy atom. The van der Waals surface area contributed by atoms with Gasteiger partial charge in [-0.3, -0.25) is 4.79 Å².